The van der Waals surface area contributed by atoms with E-state index in [1.165, 1.54) is 0 Å². The van der Waals surface area contributed by atoms with Gasteiger partial charge in [-0.25, -0.2) is 0 Å². The molecule has 2 amide bonds. The van der Waals surface area contributed by atoms with Crippen LogP contribution in [0.25, 0.3) is 10.8 Å². The van der Waals surface area contributed by atoms with Crippen LogP contribution in [0, 0.1) is 6.92 Å². The molecule has 2 aromatic carbocycles. The van der Waals surface area contributed by atoms with Crippen LogP contribution < -0.4 is 4.90 Å². The predicted molar refractivity (Wildman–Crippen MR) is 82.4 cm³/mol. The van der Waals surface area contributed by atoms with Crippen molar-refractivity contribution in [3.05, 3.63) is 41.0 Å². The average molecular weight is 296 g/mol. The van der Waals surface area contributed by atoms with Gasteiger partial charge in [-0.2, -0.15) is 0 Å². The van der Waals surface area contributed by atoms with Gasteiger partial charge in [-0.05, 0) is 49.6 Å². The number of benzene rings is 2. The number of nitrogens with zero attached hydrogens (tertiary/aromatic N) is 2. The molecule has 0 spiro atoms. The smallest absolute Gasteiger partial charge is 0.285 e. The minimum Gasteiger partial charge on any atom is -0.371 e. The van der Waals surface area contributed by atoms with Gasteiger partial charge in [0, 0.05) is 29.5 Å². The average Bonchev–Trinajstić information content (AvgIpc) is 3.03. The predicted octanol–water partition coefficient (Wildman–Crippen LogP) is 2.73. The van der Waals surface area contributed by atoms with Crippen molar-refractivity contribution in [2.75, 3.05) is 18.0 Å². The van der Waals surface area contributed by atoms with Crippen molar-refractivity contribution < 1.29 is 14.8 Å². The van der Waals surface area contributed by atoms with Crippen LogP contribution in [-0.2, 0) is 0 Å². The zero-order valence-corrected chi connectivity index (χ0v) is 12.3. The van der Waals surface area contributed by atoms with Crippen molar-refractivity contribution in [2.24, 2.45) is 0 Å². The first kappa shape index (κ1) is 13.3. The van der Waals surface area contributed by atoms with E-state index < -0.39 is 11.8 Å². The van der Waals surface area contributed by atoms with Gasteiger partial charge in [0.05, 0.1) is 11.1 Å². The molecule has 2 aromatic rings. The lowest BCUT2D eigenvalue weighted by Gasteiger charge is -2.26. The van der Waals surface area contributed by atoms with Crippen LogP contribution in [0.15, 0.2) is 24.3 Å². The summed E-state index contributed by atoms with van der Waals surface area (Å²) >= 11 is 0. The van der Waals surface area contributed by atoms with Crippen LogP contribution in [0.2, 0.25) is 0 Å². The highest BCUT2D eigenvalue weighted by molar-refractivity contribution is 6.26. The van der Waals surface area contributed by atoms with E-state index in [-0.39, 0.29) is 5.06 Å². The molecule has 1 N–H and O–H groups in total. The molecule has 2 heterocycles. The number of imide groups is 1. The molecular weight excluding hydrogens is 280 g/mol. The fraction of sp³-hybridized carbons (Fsp3) is 0.294. The first-order valence-corrected chi connectivity index (χ1v) is 7.48. The van der Waals surface area contributed by atoms with Gasteiger partial charge in [0.2, 0.25) is 0 Å². The Morgan fingerprint density at radius 2 is 1.68 bits per heavy atom. The second kappa shape index (κ2) is 4.55. The first-order valence-electron chi connectivity index (χ1n) is 7.48. The van der Waals surface area contributed by atoms with Gasteiger partial charge in [0.25, 0.3) is 11.8 Å². The van der Waals surface area contributed by atoms with Crippen LogP contribution >= 0.6 is 0 Å². The molecule has 4 rings (SSSR count). The summed E-state index contributed by atoms with van der Waals surface area (Å²) in [6, 6.07) is 7.39. The summed E-state index contributed by atoms with van der Waals surface area (Å²) in [5, 5.41) is 11.5. The van der Waals surface area contributed by atoms with Gasteiger partial charge in [0.15, 0.2) is 0 Å². The second-order valence-corrected chi connectivity index (χ2v) is 5.98. The number of hydrogen-bond acceptors (Lipinski definition) is 4. The van der Waals surface area contributed by atoms with Crippen molar-refractivity contribution >= 4 is 28.3 Å². The Morgan fingerprint density at radius 3 is 2.41 bits per heavy atom. The third-order valence-electron chi connectivity index (χ3n) is 4.53. The highest BCUT2D eigenvalue weighted by Gasteiger charge is 2.33. The highest BCUT2D eigenvalue weighted by Crippen LogP contribution is 2.37. The van der Waals surface area contributed by atoms with E-state index in [1.807, 2.05) is 19.1 Å². The van der Waals surface area contributed by atoms with Gasteiger partial charge >= 0.3 is 0 Å². The van der Waals surface area contributed by atoms with Gasteiger partial charge in [0.1, 0.15) is 0 Å². The van der Waals surface area contributed by atoms with Crippen LogP contribution in [0.4, 0.5) is 5.69 Å². The summed E-state index contributed by atoms with van der Waals surface area (Å²) in [6.07, 6.45) is 2.31. The number of rotatable bonds is 1. The van der Waals surface area contributed by atoms with Gasteiger partial charge in [-0.1, -0.05) is 0 Å². The third kappa shape index (κ3) is 1.69. The first-order chi connectivity index (χ1) is 10.6. The van der Waals surface area contributed by atoms with E-state index in [2.05, 4.69) is 4.90 Å². The van der Waals surface area contributed by atoms with E-state index in [9.17, 15) is 14.8 Å². The number of hydroxylamine groups is 2. The van der Waals surface area contributed by atoms with Gasteiger partial charge in [-0.3, -0.25) is 14.8 Å². The number of carbonyl (C=O) groups excluding carboxylic acids is 2. The summed E-state index contributed by atoms with van der Waals surface area (Å²) in [5.74, 6) is -1.30. The van der Waals surface area contributed by atoms with E-state index in [0.717, 1.165) is 42.6 Å². The quantitative estimate of drug-likeness (QED) is 0.649. The summed E-state index contributed by atoms with van der Waals surface area (Å²) < 4.78 is 0. The van der Waals surface area contributed by atoms with E-state index in [1.54, 1.807) is 12.1 Å². The van der Waals surface area contributed by atoms with Crippen molar-refractivity contribution in [3.8, 4) is 0 Å². The zero-order chi connectivity index (χ0) is 15.4. The number of anilines is 1. The number of aryl methyl sites for hydroxylation is 1. The van der Waals surface area contributed by atoms with Crippen LogP contribution in [0.3, 0.4) is 0 Å². The molecule has 0 radical (unpaired) electrons. The minimum atomic E-state index is -0.653. The molecule has 0 aliphatic carbocycles. The fourth-order valence-electron chi connectivity index (χ4n) is 3.52. The number of hydrogen-bond donors (Lipinski definition) is 1. The molecule has 0 aromatic heterocycles. The van der Waals surface area contributed by atoms with Crippen LogP contribution in [-0.4, -0.2) is 35.2 Å². The second-order valence-electron chi connectivity index (χ2n) is 5.98. The lowest BCUT2D eigenvalue weighted by Crippen LogP contribution is -2.37. The lowest BCUT2D eigenvalue weighted by molar-refractivity contribution is -0.0377. The maximum atomic E-state index is 12.2. The monoisotopic (exact) mass is 296 g/mol. The minimum absolute atomic E-state index is 0.214. The molecule has 22 heavy (non-hydrogen) atoms. The summed E-state index contributed by atoms with van der Waals surface area (Å²) in [4.78, 5) is 26.7. The Morgan fingerprint density at radius 1 is 1.00 bits per heavy atom. The fourth-order valence-corrected chi connectivity index (χ4v) is 3.52. The lowest BCUT2D eigenvalue weighted by atomic mass is 9.92. The normalized spacial score (nSPS) is 17.7. The summed E-state index contributed by atoms with van der Waals surface area (Å²) in [6.45, 7) is 3.90. The molecule has 0 atom stereocenters. The Hall–Kier alpha value is -2.40. The molecule has 2 aliphatic rings. The van der Waals surface area contributed by atoms with Crippen LogP contribution in [0.5, 0.6) is 0 Å². The van der Waals surface area contributed by atoms with E-state index in [4.69, 9.17) is 0 Å². The maximum absolute atomic E-state index is 12.2. The molecule has 5 nitrogen and oxygen atoms in total. The topological polar surface area (TPSA) is 60.9 Å². The van der Waals surface area contributed by atoms with Crippen molar-refractivity contribution in [1.29, 1.82) is 0 Å². The van der Waals surface area contributed by atoms with Crippen molar-refractivity contribution in [1.82, 2.24) is 5.06 Å². The highest BCUT2D eigenvalue weighted by atomic mass is 16.5. The summed E-state index contributed by atoms with van der Waals surface area (Å²) in [7, 11) is 0. The van der Waals surface area contributed by atoms with E-state index in [0.29, 0.717) is 16.5 Å². The zero-order valence-electron chi connectivity index (χ0n) is 12.3. The Labute approximate surface area is 127 Å². The molecule has 112 valence electrons. The Balaban J connectivity index is 2.07. The molecular formula is C17H16N2O3. The molecule has 2 aliphatic heterocycles. The molecule has 5 heteroatoms. The number of amides is 2. The van der Waals surface area contributed by atoms with Gasteiger partial charge < -0.3 is 4.90 Å². The molecule has 0 saturated carbocycles. The third-order valence-corrected chi connectivity index (χ3v) is 4.53. The van der Waals surface area contributed by atoms with E-state index >= 15 is 0 Å². The van der Waals surface area contributed by atoms with Crippen LogP contribution in [0.1, 0.15) is 39.1 Å². The molecule has 0 bridgehead atoms. The van der Waals surface area contributed by atoms with Crippen molar-refractivity contribution in [2.45, 2.75) is 19.8 Å². The Bertz CT molecular complexity index is 822. The molecule has 1 fully saturated rings. The standard InChI is InChI=1S/C17H16N2O3/c1-10-8-12-14(18-6-2-3-7-18)5-4-11-15(12)13(9-10)17(21)19(22)16(11)20/h4-5,8-9,22H,2-3,6-7H2,1H3. The molecule has 1 saturated heterocycles. The van der Waals surface area contributed by atoms with Gasteiger partial charge in [-0.15, -0.1) is 5.06 Å². The number of carbonyl (C=O) groups is 2. The Kier molecular flexibility index (Phi) is 2.74. The SMILES string of the molecule is Cc1cc2c3c(ccc(N4CCCC4)c3c1)C(=O)N(O)C2=O. The van der Waals surface area contributed by atoms with Crippen molar-refractivity contribution in [3.63, 3.8) is 0 Å². The largest absolute Gasteiger partial charge is 0.371 e. The summed E-state index contributed by atoms with van der Waals surface area (Å²) in [5.41, 5.74) is 2.78. The molecule has 0 unspecified atom stereocenters. The maximum Gasteiger partial charge on any atom is 0.285 e.